The molecule has 5 nitrogen and oxygen atoms in total. The van der Waals surface area contributed by atoms with E-state index in [2.05, 4.69) is 9.97 Å². The van der Waals surface area contributed by atoms with Crippen molar-refractivity contribution >= 4 is 6.08 Å². The van der Waals surface area contributed by atoms with Gasteiger partial charge in [-0.15, -0.1) is 0 Å². The first-order valence-corrected chi connectivity index (χ1v) is 2.87. The van der Waals surface area contributed by atoms with Gasteiger partial charge in [0.2, 0.25) is 6.20 Å². The minimum atomic E-state index is -0.547. The Balaban J connectivity index is 2.72. The molecule has 0 unspecified atom stereocenters. The molecule has 0 N–H and O–H groups in total. The number of aromatic nitrogens is 2. The molecule has 0 saturated heterocycles. The lowest BCUT2D eigenvalue weighted by Gasteiger charge is -1.85. The molecule has 11 heavy (non-hydrogen) atoms. The fourth-order valence-corrected chi connectivity index (χ4v) is 0.534. The maximum atomic E-state index is 9.84. The van der Waals surface area contributed by atoms with Gasteiger partial charge in [0.25, 0.3) is 0 Å². The van der Waals surface area contributed by atoms with Crippen LogP contribution in [0.25, 0.3) is 6.08 Å². The van der Waals surface area contributed by atoms with Crippen LogP contribution < -0.4 is 0 Å². The maximum absolute atomic E-state index is 9.84. The summed E-state index contributed by atoms with van der Waals surface area (Å²) in [5, 5.41) is 9.84. The molecule has 0 atom stereocenters. The second kappa shape index (κ2) is 3.40. The highest BCUT2D eigenvalue weighted by atomic mass is 16.6. The number of rotatable bonds is 2. The van der Waals surface area contributed by atoms with Crippen molar-refractivity contribution in [1.29, 1.82) is 0 Å². The van der Waals surface area contributed by atoms with Gasteiger partial charge in [0.1, 0.15) is 0 Å². The minimum Gasteiger partial charge on any atom is -0.261 e. The van der Waals surface area contributed by atoms with Gasteiger partial charge in [-0.1, -0.05) is 0 Å². The Labute approximate surface area is 62.6 Å². The molecule has 5 heteroatoms. The van der Waals surface area contributed by atoms with Crippen LogP contribution in [0.5, 0.6) is 0 Å². The van der Waals surface area contributed by atoms with Gasteiger partial charge >= 0.3 is 0 Å². The first-order valence-electron chi connectivity index (χ1n) is 2.87. The molecule has 0 spiro atoms. The van der Waals surface area contributed by atoms with Crippen LogP contribution >= 0.6 is 0 Å². The van der Waals surface area contributed by atoms with Crippen molar-refractivity contribution in [2.75, 3.05) is 0 Å². The van der Waals surface area contributed by atoms with Crippen molar-refractivity contribution in [2.24, 2.45) is 0 Å². The van der Waals surface area contributed by atoms with Crippen molar-refractivity contribution in [2.45, 2.75) is 0 Å². The molecule has 0 aliphatic heterocycles. The summed E-state index contributed by atoms with van der Waals surface area (Å²) in [6.45, 7) is 0. The van der Waals surface area contributed by atoms with E-state index < -0.39 is 4.92 Å². The van der Waals surface area contributed by atoms with Crippen LogP contribution in [0, 0.1) is 10.1 Å². The molecule has 0 bridgehead atoms. The quantitative estimate of drug-likeness (QED) is 0.461. The summed E-state index contributed by atoms with van der Waals surface area (Å²) in [4.78, 5) is 16.8. The molecule has 1 heterocycles. The Kier molecular flexibility index (Phi) is 2.27. The highest BCUT2D eigenvalue weighted by Gasteiger charge is 1.88. The highest BCUT2D eigenvalue weighted by molar-refractivity contribution is 5.40. The summed E-state index contributed by atoms with van der Waals surface area (Å²) in [7, 11) is 0. The molecular formula is C6H5N3O2. The van der Waals surface area contributed by atoms with Gasteiger partial charge in [0.15, 0.2) is 0 Å². The largest absolute Gasteiger partial charge is 0.261 e. The molecular weight excluding hydrogens is 146 g/mol. The topological polar surface area (TPSA) is 68.9 Å². The molecule has 56 valence electrons. The van der Waals surface area contributed by atoms with Gasteiger partial charge in [-0.3, -0.25) is 20.1 Å². The van der Waals surface area contributed by atoms with E-state index in [0.29, 0.717) is 5.69 Å². The molecule has 1 aromatic rings. The molecule has 1 rings (SSSR count). The van der Waals surface area contributed by atoms with Crippen molar-refractivity contribution in [3.05, 3.63) is 40.6 Å². The maximum Gasteiger partial charge on any atom is 0.236 e. The third-order valence-electron chi connectivity index (χ3n) is 0.950. The smallest absolute Gasteiger partial charge is 0.236 e. The zero-order valence-electron chi connectivity index (χ0n) is 5.54. The first kappa shape index (κ1) is 7.33. The van der Waals surface area contributed by atoms with E-state index in [1.165, 1.54) is 24.7 Å². The molecule has 0 amide bonds. The SMILES string of the molecule is O=[N+]([O-])C=Cc1cnccn1. The molecule has 0 aliphatic carbocycles. The highest BCUT2D eigenvalue weighted by Crippen LogP contribution is 1.92. The van der Waals surface area contributed by atoms with E-state index in [-0.39, 0.29) is 0 Å². The Bertz CT molecular complexity index is 270. The number of hydrogen-bond donors (Lipinski definition) is 0. The Morgan fingerprint density at radius 2 is 2.36 bits per heavy atom. The summed E-state index contributed by atoms with van der Waals surface area (Å²) in [6, 6.07) is 0. The average molecular weight is 151 g/mol. The third kappa shape index (κ3) is 2.53. The summed E-state index contributed by atoms with van der Waals surface area (Å²) >= 11 is 0. The lowest BCUT2D eigenvalue weighted by molar-refractivity contribution is -0.401. The normalized spacial score (nSPS) is 10.2. The fraction of sp³-hybridized carbons (Fsp3) is 0. The van der Waals surface area contributed by atoms with Crippen LogP contribution in [-0.4, -0.2) is 14.9 Å². The predicted molar refractivity (Wildman–Crippen MR) is 38.1 cm³/mol. The number of nitro groups is 1. The van der Waals surface area contributed by atoms with Crippen molar-refractivity contribution in [1.82, 2.24) is 9.97 Å². The van der Waals surface area contributed by atoms with Crippen LogP contribution in [0.2, 0.25) is 0 Å². The Morgan fingerprint density at radius 1 is 1.55 bits per heavy atom. The summed E-state index contributed by atoms with van der Waals surface area (Å²) < 4.78 is 0. The van der Waals surface area contributed by atoms with Gasteiger partial charge in [-0.25, -0.2) is 0 Å². The van der Waals surface area contributed by atoms with Crippen molar-refractivity contribution in [3.63, 3.8) is 0 Å². The number of nitrogens with zero attached hydrogens (tertiary/aromatic N) is 3. The van der Waals surface area contributed by atoms with Crippen LogP contribution in [0.15, 0.2) is 24.8 Å². The molecule has 0 radical (unpaired) electrons. The van der Waals surface area contributed by atoms with Gasteiger partial charge in [-0.05, 0) is 0 Å². The first-order chi connectivity index (χ1) is 5.29. The van der Waals surface area contributed by atoms with E-state index in [1.54, 1.807) is 0 Å². The van der Waals surface area contributed by atoms with Crippen LogP contribution in [0.1, 0.15) is 5.69 Å². The Morgan fingerprint density at radius 3 is 2.91 bits per heavy atom. The van der Waals surface area contributed by atoms with Gasteiger partial charge in [0.05, 0.1) is 16.8 Å². The second-order valence-electron chi connectivity index (χ2n) is 1.73. The lowest BCUT2D eigenvalue weighted by atomic mass is 10.4. The molecule has 1 aromatic heterocycles. The van der Waals surface area contributed by atoms with Crippen molar-refractivity contribution in [3.8, 4) is 0 Å². The standard InChI is InChI=1S/C6H5N3O2/c10-9(11)4-1-6-5-7-2-3-8-6/h1-5H. The van der Waals surface area contributed by atoms with E-state index in [1.807, 2.05) is 0 Å². The van der Waals surface area contributed by atoms with Gasteiger partial charge in [-0.2, -0.15) is 0 Å². The summed E-state index contributed by atoms with van der Waals surface area (Å²) in [6.07, 6.45) is 6.53. The van der Waals surface area contributed by atoms with Crippen LogP contribution in [0.3, 0.4) is 0 Å². The van der Waals surface area contributed by atoms with Crippen LogP contribution in [-0.2, 0) is 0 Å². The fourth-order valence-electron chi connectivity index (χ4n) is 0.534. The molecule has 0 saturated carbocycles. The molecule has 0 fully saturated rings. The van der Waals surface area contributed by atoms with E-state index in [4.69, 9.17) is 0 Å². The van der Waals surface area contributed by atoms with Gasteiger partial charge < -0.3 is 0 Å². The average Bonchev–Trinajstić information content (AvgIpc) is 2.03. The zero-order valence-corrected chi connectivity index (χ0v) is 5.54. The second-order valence-corrected chi connectivity index (χ2v) is 1.73. The molecule has 0 aliphatic rings. The predicted octanol–water partition coefficient (Wildman–Crippen LogP) is 0.724. The monoisotopic (exact) mass is 151 g/mol. The number of hydrogen-bond acceptors (Lipinski definition) is 4. The van der Waals surface area contributed by atoms with Gasteiger partial charge in [0, 0.05) is 18.5 Å². The Hall–Kier alpha value is -1.78. The minimum absolute atomic E-state index is 0.476. The van der Waals surface area contributed by atoms with Crippen molar-refractivity contribution < 1.29 is 4.92 Å². The van der Waals surface area contributed by atoms with E-state index >= 15 is 0 Å². The summed E-state index contributed by atoms with van der Waals surface area (Å²) in [5.74, 6) is 0. The third-order valence-corrected chi connectivity index (χ3v) is 0.950. The van der Waals surface area contributed by atoms with E-state index in [9.17, 15) is 10.1 Å². The lowest BCUT2D eigenvalue weighted by Crippen LogP contribution is -1.85. The zero-order chi connectivity index (χ0) is 8.10. The van der Waals surface area contributed by atoms with E-state index in [0.717, 1.165) is 6.20 Å². The molecule has 0 aromatic carbocycles. The van der Waals surface area contributed by atoms with Crippen LogP contribution in [0.4, 0.5) is 0 Å². The summed E-state index contributed by atoms with van der Waals surface area (Å²) in [5.41, 5.74) is 0.476.